The molecule has 1 N–H and O–H groups in total. The number of hydrogen-bond acceptors (Lipinski definition) is 4. The predicted octanol–water partition coefficient (Wildman–Crippen LogP) is -0.754. The molecule has 47 valence electrons. The fraction of sp³-hybridized carbons (Fsp3) is 0.400. The average molecular weight is 125 g/mol. The van der Waals surface area contributed by atoms with Crippen molar-refractivity contribution >= 4 is 17.5 Å². The standard InChI is InChI=1S/C5H7N3O/c1-3(9)5-6-4(2)7-8-5/h1-2H3,(H,7,8)/q+1. The maximum Gasteiger partial charge on any atom is 0.378 e. The van der Waals surface area contributed by atoms with Crippen molar-refractivity contribution in [3.05, 3.63) is 0 Å². The van der Waals surface area contributed by atoms with Gasteiger partial charge in [0.25, 0.3) is 5.84 Å². The quantitative estimate of drug-likeness (QED) is 0.501. The molecule has 0 aromatic rings. The number of aliphatic imine (C=N–C) groups is 1. The second-order valence-electron chi connectivity index (χ2n) is 1.80. The summed E-state index contributed by atoms with van der Waals surface area (Å²) < 4.78 is 0. The van der Waals surface area contributed by atoms with Crippen LogP contribution in [0.25, 0.3) is 0 Å². The minimum Gasteiger partial charge on any atom is -0.287 e. The summed E-state index contributed by atoms with van der Waals surface area (Å²) in [5, 5.41) is 3.63. The third-order valence-corrected chi connectivity index (χ3v) is 0.912. The maximum absolute atomic E-state index is 10.5. The largest absolute Gasteiger partial charge is 0.378 e. The Balaban J connectivity index is 2.75. The number of hydrazone groups is 1. The van der Waals surface area contributed by atoms with Crippen molar-refractivity contribution in [1.29, 1.82) is 0 Å². The Morgan fingerprint density at radius 3 is 2.67 bits per heavy atom. The second kappa shape index (κ2) is 1.97. The fourth-order valence-corrected chi connectivity index (χ4v) is 0.500. The average Bonchev–Trinajstić information content (AvgIpc) is 2.14. The molecule has 1 aliphatic heterocycles. The lowest BCUT2D eigenvalue weighted by Crippen LogP contribution is -2.14. The van der Waals surface area contributed by atoms with E-state index in [0.717, 1.165) is 0 Å². The van der Waals surface area contributed by atoms with Crippen LogP contribution in [0.15, 0.2) is 5.10 Å². The molecule has 0 saturated heterocycles. The van der Waals surface area contributed by atoms with Crippen LogP contribution >= 0.6 is 0 Å². The van der Waals surface area contributed by atoms with Crippen molar-refractivity contribution < 1.29 is 4.79 Å². The van der Waals surface area contributed by atoms with Crippen molar-refractivity contribution in [2.75, 3.05) is 0 Å². The van der Waals surface area contributed by atoms with E-state index in [1.54, 1.807) is 6.92 Å². The summed E-state index contributed by atoms with van der Waals surface area (Å²) >= 11 is 0. The van der Waals surface area contributed by atoms with Crippen molar-refractivity contribution in [1.82, 2.24) is 10.4 Å². The van der Waals surface area contributed by atoms with E-state index in [2.05, 4.69) is 15.5 Å². The van der Waals surface area contributed by atoms with Crippen LogP contribution in [0.1, 0.15) is 13.8 Å². The first kappa shape index (κ1) is 5.94. The smallest absolute Gasteiger partial charge is 0.287 e. The monoisotopic (exact) mass is 125 g/mol. The molecule has 0 atom stereocenters. The van der Waals surface area contributed by atoms with Gasteiger partial charge in [-0.1, -0.05) is 4.99 Å². The number of amidine groups is 2. The van der Waals surface area contributed by atoms with Crippen molar-refractivity contribution in [3.8, 4) is 0 Å². The summed E-state index contributed by atoms with van der Waals surface area (Å²) in [4.78, 5) is 14.3. The number of hydrogen-bond donors (Lipinski definition) is 1. The van der Waals surface area contributed by atoms with E-state index in [1.165, 1.54) is 6.92 Å². The molecular formula is C5H7N3O+. The van der Waals surface area contributed by atoms with Gasteiger partial charge in [0.15, 0.2) is 0 Å². The van der Waals surface area contributed by atoms with Crippen LogP contribution in [0, 0.1) is 0 Å². The van der Waals surface area contributed by atoms with Crippen LogP contribution in [0.5, 0.6) is 0 Å². The lowest BCUT2D eigenvalue weighted by Gasteiger charge is -1.70. The molecular weight excluding hydrogens is 118 g/mol. The summed E-state index contributed by atoms with van der Waals surface area (Å²) in [7, 11) is 0. The zero-order valence-corrected chi connectivity index (χ0v) is 5.30. The first-order chi connectivity index (χ1) is 4.20. The second-order valence-corrected chi connectivity index (χ2v) is 1.80. The predicted molar refractivity (Wildman–Crippen MR) is 34.1 cm³/mol. The molecule has 0 saturated carbocycles. The Hall–Kier alpha value is -1.19. The Kier molecular flexibility index (Phi) is 1.30. The molecule has 4 heteroatoms. The van der Waals surface area contributed by atoms with E-state index in [0.29, 0.717) is 5.84 Å². The maximum atomic E-state index is 10.5. The third-order valence-electron chi connectivity index (χ3n) is 0.912. The molecule has 1 radical (unpaired) electrons. The minimum absolute atomic E-state index is 0.112. The van der Waals surface area contributed by atoms with Crippen LogP contribution < -0.4 is 10.4 Å². The molecule has 9 heavy (non-hydrogen) atoms. The topological polar surface area (TPSA) is 55.6 Å². The zero-order valence-electron chi connectivity index (χ0n) is 5.30. The molecule has 0 fully saturated rings. The van der Waals surface area contributed by atoms with E-state index in [1.807, 2.05) is 0 Å². The normalized spacial score (nSPS) is 16.2. The van der Waals surface area contributed by atoms with Crippen LogP contribution in [-0.4, -0.2) is 17.5 Å². The van der Waals surface area contributed by atoms with Crippen molar-refractivity contribution in [2.24, 2.45) is 5.10 Å². The highest BCUT2D eigenvalue weighted by Gasteiger charge is 2.21. The molecule has 0 aromatic heterocycles. The number of carbonyl (C=O) groups excluding carboxylic acids is 1. The highest BCUT2D eigenvalue weighted by atomic mass is 16.1. The zero-order chi connectivity index (χ0) is 6.85. The summed E-state index contributed by atoms with van der Waals surface area (Å²) in [6.45, 7) is 3.18. The van der Waals surface area contributed by atoms with Gasteiger partial charge in [-0.05, 0) is 0 Å². The summed E-state index contributed by atoms with van der Waals surface area (Å²) in [6.07, 6.45) is 0. The van der Waals surface area contributed by atoms with E-state index >= 15 is 0 Å². The molecule has 1 rings (SSSR count). The van der Waals surface area contributed by atoms with Gasteiger partial charge in [0.05, 0.1) is 5.10 Å². The van der Waals surface area contributed by atoms with E-state index in [4.69, 9.17) is 0 Å². The molecule has 1 heterocycles. The number of nitrogens with one attached hydrogen (secondary N) is 1. The van der Waals surface area contributed by atoms with Crippen molar-refractivity contribution in [2.45, 2.75) is 13.8 Å². The Morgan fingerprint density at radius 1 is 1.78 bits per heavy atom. The van der Waals surface area contributed by atoms with E-state index in [9.17, 15) is 4.79 Å². The van der Waals surface area contributed by atoms with Crippen LogP contribution in [-0.2, 0) is 4.79 Å². The van der Waals surface area contributed by atoms with E-state index in [-0.39, 0.29) is 11.6 Å². The van der Waals surface area contributed by atoms with Crippen molar-refractivity contribution in [3.63, 3.8) is 0 Å². The molecule has 0 unspecified atom stereocenters. The molecule has 0 spiro atoms. The molecule has 0 bridgehead atoms. The minimum atomic E-state index is -0.112. The third kappa shape index (κ3) is 1.13. The molecule has 0 aromatic carbocycles. The molecule has 1 aliphatic rings. The number of carbonyl (C=O) groups is 1. The van der Waals surface area contributed by atoms with Gasteiger partial charge >= 0.3 is 5.84 Å². The SMILES string of the molecule is CC(=O)C1=NNC(C)=[N+]1. The highest BCUT2D eigenvalue weighted by molar-refractivity contribution is 6.39. The number of nitrogens with zero attached hydrogens (tertiary/aromatic N) is 2. The van der Waals surface area contributed by atoms with Gasteiger partial charge in [-0.2, -0.15) is 0 Å². The van der Waals surface area contributed by atoms with Crippen LogP contribution in [0.4, 0.5) is 0 Å². The van der Waals surface area contributed by atoms with Gasteiger partial charge in [0.1, 0.15) is 0 Å². The van der Waals surface area contributed by atoms with Crippen LogP contribution in [0.2, 0.25) is 0 Å². The Morgan fingerprint density at radius 2 is 2.44 bits per heavy atom. The Bertz CT molecular complexity index is 204. The van der Waals surface area contributed by atoms with Gasteiger partial charge in [-0.3, -0.25) is 4.79 Å². The lowest BCUT2D eigenvalue weighted by molar-refractivity contribution is -0.111. The van der Waals surface area contributed by atoms with Crippen LogP contribution in [0.3, 0.4) is 0 Å². The number of Topliss-reactive ketones (excluding diaryl/α,β-unsaturated/α-hetero) is 1. The van der Waals surface area contributed by atoms with Gasteiger partial charge in [0.2, 0.25) is 5.78 Å². The van der Waals surface area contributed by atoms with Gasteiger partial charge < -0.3 is 0 Å². The lowest BCUT2D eigenvalue weighted by atomic mass is 10.4. The first-order valence-electron chi connectivity index (χ1n) is 2.60. The van der Waals surface area contributed by atoms with Gasteiger partial charge in [-0.25, -0.2) is 0 Å². The first-order valence-corrected chi connectivity index (χ1v) is 2.60. The summed E-state index contributed by atoms with van der Waals surface area (Å²) in [6, 6.07) is 0. The Labute approximate surface area is 52.7 Å². The van der Waals surface area contributed by atoms with Gasteiger partial charge in [0, 0.05) is 13.8 Å². The highest BCUT2D eigenvalue weighted by Crippen LogP contribution is 1.80. The summed E-state index contributed by atoms with van der Waals surface area (Å²) in [5.41, 5.74) is 2.57. The number of rotatable bonds is 1. The summed E-state index contributed by atoms with van der Waals surface area (Å²) in [5.74, 6) is 0.812. The molecule has 0 aliphatic carbocycles. The van der Waals surface area contributed by atoms with Gasteiger partial charge in [-0.15, -0.1) is 5.43 Å². The number of ketones is 1. The fourth-order valence-electron chi connectivity index (χ4n) is 0.500. The van der Waals surface area contributed by atoms with E-state index < -0.39 is 0 Å². The molecule has 4 nitrogen and oxygen atoms in total. The molecule has 0 amide bonds.